The lowest BCUT2D eigenvalue weighted by atomic mass is 9.92. The van der Waals surface area contributed by atoms with E-state index in [1.807, 2.05) is 6.07 Å². The van der Waals surface area contributed by atoms with Gasteiger partial charge in [0.1, 0.15) is 0 Å². The average molecular weight is 310 g/mol. The molecule has 0 aliphatic heterocycles. The molecule has 1 atom stereocenters. The molecule has 1 aromatic carbocycles. The molecule has 0 saturated heterocycles. The van der Waals surface area contributed by atoms with E-state index in [-0.39, 0.29) is 10.8 Å². The Labute approximate surface area is 126 Å². The Morgan fingerprint density at radius 1 is 1.24 bits per heavy atom. The summed E-state index contributed by atoms with van der Waals surface area (Å²) >= 11 is 0. The molecule has 2 N–H and O–H groups in total. The van der Waals surface area contributed by atoms with Gasteiger partial charge in [0.25, 0.3) is 0 Å². The number of fused-ring (bicyclic) bond motifs is 1. The molecule has 0 saturated carbocycles. The van der Waals surface area contributed by atoms with Crippen molar-refractivity contribution in [3.05, 3.63) is 29.3 Å². The molecule has 0 spiro atoms. The molecule has 5 nitrogen and oxygen atoms in total. The third-order valence-electron chi connectivity index (χ3n) is 3.71. The van der Waals surface area contributed by atoms with E-state index < -0.39 is 16.1 Å². The van der Waals surface area contributed by atoms with Gasteiger partial charge in [-0.3, -0.25) is 4.79 Å². The normalized spacial score (nSPS) is 16.1. The summed E-state index contributed by atoms with van der Waals surface area (Å²) in [6.07, 6.45) is 4.19. The molecule has 2 rings (SSSR count). The summed E-state index contributed by atoms with van der Waals surface area (Å²) in [6.45, 7) is 3.81. The minimum atomic E-state index is -3.67. The monoisotopic (exact) mass is 310 g/mol. The van der Waals surface area contributed by atoms with Crippen molar-refractivity contribution in [2.24, 2.45) is 0 Å². The van der Waals surface area contributed by atoms with Crippen LogP contribution >= 0.6 is 0 Å². The van der Waals surface area contributed by atoms with Crippen LogP contribution in [0.5, 0.6) is 0 Å². The van der Waals surface area contributed by atoms with E-state index in [1.54, 1.807) is 26.0 Å². The van der Waals surface area contributed by atoms with E-state index in [2.05, 4.69) is 10.0 Å². The number of aryl methyl sites for hydroxylation is 2. The van der Waals surface area contributed by atoms with Gasteiger partial charge >= 0.3 is 0 Å². The number of nitrogens with one attached hydrogen (secondary N) is 2. The molecule has 1 amide bonds. The zero-order valence-electron chi connectivity index (χ0n) is 12.5. The second kappa shape index (κ2) is 6.58. The quantitative estimate of drug-likeness (QED) is 0.862. The lowest BCUT2D eigenvalue weighted by Gasteiger charge is -2.18. The third-order valence-corrected chi connectivity index (χ3v) is 5.24. The molecule has 0 radical (unpaired) electrons. The van der Waals surface area contributed by atoms with Gasteiger partial charge in [-0.15, -0.1) is 0 Å². The zero-order chi connectivity index (χ0) is 15.5. The van der Waals surface area contributed by atoms with E-state index in [1.165, 1.54) is 5.56 Å². The lowest BCUT2D eigenvalue weighted by Crippen LogP contribution is -2.44. The predicted octanol–water partition coefficient (Wildman–Crippen LogP) is 1.37. The Morgan fingerprint density at radius 3 is 2.57 bits per heavy atom. The van der Waals surface area contributed by atoms with Crippen molar-refractivity contribution in [3.63, 3.8) is 0 Å². The van der Waals surface area contributed by atoms with Gasteiger partial charge in [0, 0.05) is 6.54 Å². The Bertz CT molecular complexity index is 626. The standard InChI is InChI=1S/C15H22N2O3S/c1-3-16-15(18)11(2)17-21(19,20)14-9-8-12-6-4-5-7-13(12)10-14/h8-11,17H,3-7H2,1-2H3,(H,16,18)/t11-/m1/s1. The van der Waals surface area contributed by atoms with Crippen LogP contribution in [0.1, 0.15) is 37.8 Å². The average Bonchev–Trinajstić information content (AvgIpc) is 2.46. The number of hydrogen-bond donors (Lipinski definition) is 2. The minimum absolute atomic E-state index is 0.235. The van der Waals surface area contributed by atoms with Crippen LogP contribution in [0, 0.1) is 0 Å². The third kappa shape index (κ3) is 3.83. The summed E-state index contributed by atoms with van der Waals surface area (Å²) in [6, 6.07) is 4.46. The molecule has 116 valence electrons. The number of hydrogen-bond acceptors (Lipinski definition) is 3. The van der Waals surface area contributed by atoms with Gasteiger partial charge < -0.3 is 5.32 Å². The summed E-state index contributed by atoms with van der Waals surface area (Å²) in [5.41, 5.74) is 2.34. The molecule has 0 bridgehead atoms. The zero-order valence-corrected chi connectivity index (χ0v) is 13.3. The van der Waals surface area contributed by atoms with Crippen LogP contribution in [0.25, 0.3) is 0 Å². The van der Waals surface area contributed by atoms with Crippen LogP contribution in [0.4, 0.5) is 0 Å². The second-order valence-electron chi connectivity index (χ2n) is 5.38. The van der Waals surface area contributed by atoms with Crippen molar-refractivity contribution >= 4 is 15.9 Å². The maximum absolute atomic E-state index is 12.3. The van der Waals surface area contributed by atoms with Crippen molar-refractivity contribution < 1.29 is 13.2 Å². The van der Waals surface area contributed by atoms with Gasteiger partial charge in [-0.1, -0.05) is 6.07 Å². The second-order valence-corrected chi connectivity index (χ2v) is 7.09. The summed E-state index contributed by atoms with van der Waals surface area (Å²) in [5, 5.41) is 2.60. The highest BCUT2D eigenvalue weighted by Gasteiger charge is 2.22. The number of likely N-dealkylation sites (N-methyl/N-ethyl adjacent to an activating group) is 1. The van der Waals surface area contributed by atoms with Gasteiger partial charge in [0.05, 0.1) is 10.9 Å². The first kappa shape index (κ1) is 16.0. The first-order valence-corrected chi connectivity index (χ1v) is 8.84. The van der Waals surface area contributed by atoms with Crippen LogP contribution in [-0.2, 0) is 27.7 Å². The largest absolute Gasteiger partial charge is 0.355 e. The lowest BCUT2D eigenvalue weighted by molar-refractivity contribution is -0.122. The molecule has 0 heterocycles. The van der Waals surface area contributed by atoms with Crippen LogP contribution < -0.4 is 10.0 Å². The van der Waals surface area contributed by atoms with Crippen LogP contribution in [0.15, 0.2) is 23.1 Å². The number of benzene rings is 1. The summed E-state index contributed by atoms with van der Waals surface area (Å²) in [4.78, 5) is 11.9. The minimum Gasteiger partial charge on any atom is -0.355 e. The highest BCUT2D eigenvalue weighted by Crippen LogP contribution is 2.24. The van der Waals surface area contributed by atoms with Crippen molar-refractivity contribution in [2.45, 2.75) is 50.5 Å². The first-order chi connectivity index (χ1) is 9.94. The van der Waals surface area contributed by atoms with Gasteiger partial charge in [0.2, 0.25) is 15.9 Å². The van der Waals surface area contributed by atoms with E-state index in [4.69, 9.17) is 0 Å². The fraction of sp³-hybridized carbons (Fsp3) is 0.533. The molecular formula is C15H22N2O3S. The predicted molar refractivity (Wildman–Crippen MR) is 81.6 cm³/mol. The molecule has 1 aliphatic carbocycles. The number of rotatable bonds is 5. The van der Waals surface area contributed by atoms with Gasteiger partial charge in [-0.2, -0.15) is 4.72 Å². The van der Waals surface area contributed by atoms with Gasteiger partial charge in [-0.25, -0.2) is 8.42 Å². The van der Waals surface area contributed by atoms with E-state index in [9.17, 15) is 13.2 Å². The van der Waals surface area contributed by atoms with Crippen molar-refractivity contribution in [2.75, 3.05) is 6.54 Å². The number of carbonyl (C=O) groups excluding carboxylic acids is 1. The van der Waals surface area contributed by atoms with Crippen LogP contribution in [0.2, 0.25) is 0 Å². The maximum atomic E-state index is 12.3. The molecular weight excluding hydrogens is 288 g/mol. The van der Waals surface area contributed by atoms with E-state index >= 15 is 0 Å². The van der Waals surface area contributed by atoms with Gasteiger partial charge in [0.15, 0.2) is 0 Å². The van der Waals surface area contributed by atoms with Crippen molar-refractivity contribution in [1.29, 1.82) is 0 Å². The van der Waals surface area contributed by atoms with E-state index in [0.29, 0.717) is 6.54 Å². The van der Waals surface area contributed by atoms with Gasteiger partial charge in [-0.05, 0) is 62.8 Å². The van der Waals surface area contributed by atoms with Crippen LogP contribution in [-0.4, -0.2) is 26.9 Å². The molecule has 21 heavy (non-hydrogen) atoms. The molecule has 1 aliphatic rings. The summed E-state index contributed by atoms with van der Waals surface area (Å²) < 4.78 is 27.1. The van der Waals surface area contributed by atoms with Crippen molar-refractivity contribution in [1.82, 2.24) is 10.0 Å². The number of amides is 1. The number of carbonyl (C=O) groups is 1. The fourth-order valence-electron chi connectivity index (χ4n) is 2.56. The molecule has 6 heteroatoms. The Balaban J connectivity index is 2.18. The van der Waals surface area contributed by atoms with E-state index in [0.717, 1.165) is 31.2 Å². The molecule has 1 aromatic rings. The first-order valence-electron chi connectivity index (χ1n) is 7.36. The molecule has 0 unspecified atom stereocenters. The maximum Gasteiger partial charge on any atom is 0.241 e. The molecule has 0 aromatic heterocycles. The summed E-state index contributed by atoms with van der Waals surface area (Å²) in [5.74, 6) is -0.320. The Kier molecular flexibility index (Phi) is 5.00. The topological polar surface area (TPSA) is 75.3 Å². The summed E-state index contributed by atoms with van der Waals surface area (Å²) in [7, 11) is -3.67. The smallest absolute Gasteiger partial charge is 0.241 e. The SMILES string of the molecule is CCNC(=O)[C@@H](C)NS(=O)(=O)c1ccc2c(c1)CCCC2. The number of sulfonamides is 1. The highest BCUT2D eigenvalue weighted by atomic mass is 32.2. The highest BCUT2D eigenvalue weighted by molar-refractivity contribution is 7.89. The Hall–Kier alpha value is -1.40. The Morgan fingerprint density at radius 2 is 1.90 bits per heavy atom. The molecule has 0 fully saturated rings. The van der Waals surface area contributed by atoms with Crippen LogP contribution in [0.3, 0.4) is 0 Å². The van der Waals surface area contributed by atoms with Crippen molar-refractivity contribution in [3.8, 4) is 0 Å². The fourth-order valence-corrected chi connectivity index (χ4v) is 3.81.